The van der Waals surface area contributed by atoms with Crippen LogP contribution < -0.4 is 0 Å². The highest BCUT2D eigenvalue weighted by molar-refractivity contribution is 4.59. The highest BCUT2D eigenvalue weighted by Gasteiger charge is 1.99. The SMILES string of the molecule is [CH2]C(CC)CCCCCCCCCCCCCCCCCCCCCCCCCC. The fourth-order valence-corrected chi connectivity index (χ4v) is 4.60. The summed E-state index contributed by atoms with van der Waals surface area (Å²) in [5.74, 6) is 0.699. The maximum Gasteiger partial charge on any atom is -0.0417 e. The molecule has 0 aliphatic heterocycles. The van der Waals surface area contributed by atoms with E-state index in [4.69, 9.17) is 0 Å². The normalized spacial score (nSPS) is 12.5. The molecule has 1 atom stereocenters. The molecule has 0 aliphatic carbocycles. The number of rotatable bonds is 26. The van der Waals surface area contributed by atoms with E-state index < -0.39 is 0 Å². The van der Waals surface area contributed by atoms with Crippen molar-refractivity contribution in [3.05, 3.63) is 6.92 Å². The van der Waals surface area contributed by atoms with Crippen LogP contribution >= 0.6 is 0 Å². The maximum atomic E-state index is 4.18. The second-order valence-electron chi connectivity index (χ2n) is 10.2. The Morgan fingerprint density at radius 3 is 0.833 bits per heavy atom. The van der Waals surface area contributed by atoms with Gasteiger partial charge in [-0.3, -0.25) is 0 Å². The number of unbranched alkanes of at least 4 members (excludes halogenated alkanes) is 23. The Kier molecular flexibility index (Phi) is 27.0. The quantitative estimate of drug-likeness (QED) is 0.122. The third-order valence-corrected chi connectivity index (χ3v) is 7.04. The van der Waals surface area contributed by atoms with E-state index in [9.17, 15) is 0 Å². The lowest BCUT2D eigenvalue weighted by Crippen LogP contribution is -1.92. The topological polar surface area (TPSA) is 0 Å². The van der Waals surface area contributed by atoms with Gasteiger partial charge in [-0.25, -0.2) is 0 Å². The van der Waals surface area contributed by atoms with Gasteiger partial charge in [-0.2, -0.15) is 0 Å². The Bertz CT molecular complexity index is 282. The molecule has 0 heterocycles. The average Bonchev–Trinajstić information content (AvgIpc) is 2.76. The first kappa shape index (κ1) is 30.0. The van der Waals surface area contributed by atoms with Crippen molar-refractivity contribution in [2.45, 2.75) is 181 Å². The van der Waals surface area contributed by atoms with Gasteiger partial charge in [0.2, 0.25) is 0 Å². The van der Waals surface area contributed by atoms with Gasteiger partial charge in [0.1, 0.15) is 0 Å². The average molecular weight is 422 g/mol. The molecule has 0 saturated carbocycles. The Labute approximate surface area is 193 Å². The van der Waals surface area contributed by atoms with E-state index in [0.29, 0.717) is 5.92 Å². The second-order valence-corrected chi connectivity index (χ2v) is 10.2. The van der Waals surface area contributed by atoms with Crippen LogP contribution in [0.5, 0.6) is 0 Å². The van der Waals surface area contributed by atoms with Crippen molar-refractivity contribution in [1.82, 2.24) is 0 Å². The molecule has 0 aliphatic rings. The van der Waals surface area contributed by atoms with Crippen LogP contribution in [0.2, 0.25) is 0 Å². The van der Waals surface area contributed by atoms with Crippen molar-refractivity contribution in [2.24, 2.45) is 5.92 Å². The summed E-state index contributed by atoms with van der Waals surface area (Å²) in [5, 5.41) is 0. The zero-order chi connectivity index (χ0) is 22.0. The predicted molar refractivity (Wildman–Crippen MR) is 140 cm³/mol. The minimum Gasteiger partial charge on any atom is -0.0654 e. The molecule has 0 amide bonds. The van der Waals surface area contributed by atoms with Crippen LogP contribution in [-0.4, -0.2) is 0 Å². The van der Waals surface area contributed by atoms with Crippen molar-refractivity contribution < 1.29 is 0 Å². The standard InChI is InChI=1S/C30H61/c1-4-6-7-8-9-10-11-12-13-14-15-16-17-18-19-20-21-22-23-24-25-26-27-28-29-30(3)5-2/h30H,3-29H2,1-2H3. The van der Waals surface area contributed by atoms with Crippen LogP contribution in [0.25, 0.3) is 0 Å². The third-order valence-electron chi connectivity index (χ3n) is 7.04. The molecule has 0 heteroatoms. The summed E-state index contributed by atoms with van der Waals surface area (Å²) in [5.41, 5.74) is 0. The first-order valence-electron chi connectivity index (χ1n) is 14.6. The summed E-state index contributed by atoms with van der Waals surface area (Å²) < 4.78 is 0. The molecular weight excluding hydrogens is 360 g/mol. The molecule has 0 aromatic rings. The van der Waals surface area contributed by atoms with Crippen LogP contribution in [0.3, 0.4) is 0 Å². The molecule has 1 unspecified atom stereocenters. The van der Waals surface area contributed by atoms with Crippen molar-refractivity contribution in [3.63, 3.8) is 0 Å². The van der Waals surface area contributed by atoms with Gasteiger partial charge < -0.3 is 0 Å². The highest BCUT2D eigenvalue weighted by atomic mass is 14.0. The van der Waals surface area contributed by atoms with Crippen molar-refractivity contribution in [2.75, 3.05) is 0 Å². The minimum absolute atomic E-state index is 0.699. The fourth-order valence-electron chi connectivity index (χ4n) is 4.60. The lowest BCUT2D eigenvalue weighted by atomic mass is 9.99. The summed E-state index contributed by atoms with van der Waals surface area (Å²) in [4.78, 5) is 0. The van der Waals surface area contributed by atoms with Gasteiger partial charge in [-0.05, 0) is 5.92 Å². The summed E-state index contributed by atoms with van der Waals surface area (Å²) >= 11 is 0. The molecule has 0 saturated heterocycles. The lowest BCUT2D eigenvalue weighted by molar-refractivity contribution is 0.496. The van der Waals surface area contributed by atoms with E-state index in [0.717, 1.165) is 0 Å². The van der Waals surface area contributed by atoms with Gasteiger partial charge >= 0.3 is 0 Å². The summed E-state index contributed by atoms with van der Waals surface area (Å²) in [7, 11) is 0. The maximum absolute atomic E-state index is 4.18. The fraction of sp³-hybridized carbons (Fsp3) is 0.967. The molecule has 0 bridgehead atoms. The van der Waals surface area contributed by atoms with Gasteiger partial charge in [-0.1, -0.05) is 188 Å². The Morgan fingerprint density at radius 1 is 0.367 bits per heavy atom. The molecule has 181 valence electrons. The summed E-state index contributed by atoms with van der Waals surface area (Å²) in [6.07, 6.45) is 37.9. The monoisotopic (exact) mass is 421 g/mol. The molecule has 0 aromatic heterocycles. The Hall–Kier alpha value is 0. The molecule has 0 N–H and O–H groups in total. The number of hydrogen-bond donors (Lipinski definition) is 0. The molecule has 0 aromatic carbocycles. The molecule has 0 fully saturated rings. The molecular formula is C30H61. The molecule has 30 heavy (non-hydrogen) atoms. The molecule has 0 spiro atoms. The first-order valence-corrected chi connectivity index (χ1v) is 14.6. The zero-order valence-corrected chi connectivity index (χ0v) is 21.7. The van der Waals surface area contributed by atoms with Gasteiger partial charge in [0.15, 0.2) is 0 Å². The van der Waals surface area contributed by atoms with E-state index >= 15 is 0 Å². The number of hydrogen-bond acceptors (Lipinski definition) is 0. The lowest BCUT2D eigenvalue weighted by Gasteiger charge is -2.07. The van der Waals surface area contributed by atoms with Crippen LogP contribution in [0.15, 0.2) is 0 Å². The van der Waals surface area contributed by atoms with Crippen LogP contribution in [0, 0.1) is 12.8 Å². The van der Waals surface area contributed by atoms with Gasteiger partial charge in [0.05, 0.1) is 0 Å². The van der Waals surface area contributed by atoms with Crippen molar-refractivity contribution in [3.8, 4) is 0 Å². The second kappa shape index (κ2) is 27.0. The van der Waals surface area contributed by atoms with Crippen LogP contribution in [-0.2, 0) is 0 Å². The molecule has 0 nitrogen and oxygen atoms in total. The van der Waals surface area contributed by atoms with Gasteiger partial charge in [0, 0.05) is 0 Å². The van der Waals surface area contributed by atoms with Gasteiger partial charge in [0.25, 0.3) is 0 Å². The minimum atomic E-state index is 0.699. The van der Waals surface area contributed by atoms with E-state index in [-0.39, 0.29) is 0 Å². The van der Waals surface area contributed by atoms with E-state index in [1.165, 1.54) is 167 Å². The predicted octanol–water partition coefficient (Wildman–Crippen LogP) is 11.6. The highest BCUT2D eigenvalue weighted by Crippen LogP contribution is 2.16. The summed E-state index contributed by atoms with van der Waals surface area (Å²) in [6, 6.07) is 0. The Morgan fingerprint density at radius 2 is 0.600 bits per heavy atom. The summed E-state index contributed by atoms with van der Waals surface area (Å²) in [6.45, 7) is 8.75. The van der Waals surface area contributed by atoms with Crippen molar-refractivity contribution >= 4 is 0 Å². The molecule has 1 radical (unpaired) electrons. The van der Waals surface area contributed by atoms with Gasteiger partial charge in [-0.15, -0.1) is 0 Å². The first-order chi connectivity index (χ1) is 14.8. The van der Waals surface area contributed by atoms with Crippen LogP contribution in [0.4, 0.5) is 0 Å². The largest absolute Gasteiger partial charge is 0.0654 e. The van der Waals surface area contributed by atoms with E-state index in [2.05, 4.69) is 20.8 Å². The zero-order valence-electron chi connectivity index (χ0n) is 21.7. The molecule has 0 rings (SSSR count). The third kappa shape index (κ3) is 26.0. The van der Waals surface area contributed by atoms with Crippen LogP contribution in [0.1, 0.15) is 181 Å². The van der Waals surface area contributed by atoms with Crippen molar-refractivity contribution in [1.29, 1.82) is 0 Å². The van der Waals surface area contributed by atoms with E-state index in [1.807, 2.05) is 0 Å². The smallest absolute Gasteiger partial charge is 0.0417 e. The Balaban J connectivity index is 3.00. The van der Waals surface area contributed by atoms with E-state index in [1.54, 1.807) is 0 Å².